The predicted octanol–water partition coefficient (Wildman–Crippen LogP) is 4.28. The number of hydrogen-bond donors (Lipinski definition) is 1. The first-order chi connectivity index (χ1) is 12.4. The molecular formula is C20H21N3O2S. The maximum absolute atomic E-state index is 12.8. The highest BCUT2D eigenvalue weighted by Gasteiger charge is 2.29. The van der Waals surface area contributed by atoms with E-state index in [1.54, 1.807) is 11.8 Å². The van der Waals surface area contributed by atoms with Gasteiger partial charge >= 0.3 is 0 Å². The average molecular weight is 367 g/mol. The summed E-state index contributed by atoms with van der Waals surface area (Å²) in [4.78, 5) is 18.5. The molecule has 1 aliphatic heterocycles. The molecule has 0 fully saturated rings. The van der Waals surface area contributed by atoms with E-state index in [1.165, 1.54) is 0 Å². The van der Waals surface area contributed by atoms with E-state index in [2.05, 4.69) is 35.6 Å². The van der Waals surface area contributed by atoms with Crippen LogP contribution in [0, 0.1) is 0 Å². The summed E-state index contributed by atoms with van der Waals surface area (Å²) in [5, 5.41) is 2.98. The van der Waals surface area contributed by atoms with E-state index in [0.29, 0.717) is 11.7 Å². The Kier molecular flexibility index (Phi) is 4.15. The number of para-hydroxylation sites is 3. The van der Waals surface area contributed by atoms with Crippen LogP contribution in [0.2, 0.25) is 0 Å². The first-order valence-corrected chi connectivity index (χ1v) is 9.59. The van der Waals surface area contributed by atoms with Crippen LogP contribution >= 0.6 is 11.8 Å². The van der Waals surface area contributed by atoms with Gasteiger partial charge in [0.15, 0.2) is 6.10 Å². The van der Waals surface area contributed by atoms with E-state index < -0.39 is 6.10 Å². The van der Waals surface area contributed by atoms with Crippen LogP contribution < -0.4 is 10.1 Å². The second-order valence-electron chi connectivity index (χ2n) is 7.28. The fraction of sp³-hybridized carbons (Fsp3) is 0.300. The molecule has 6 heteroatoms. The number of benzene rings is 2. The van der Waals surface area contributed by atoms with E-state index in [1.807, 2.05) is 48.5 Å². The topological polar surface area (TPSA) is 56.2 Å². The normalized spacial score (nSPS) is 16.8. The van der Waals surface area contributed by atoms with Crippen LogP contribution in [0.15, 0.2) is 53.4 Å². The van der Waals surface area contributed by atoms with Crippen molar-refractivity contribution in [2.24, 2.45) is 0 Å². The molecular weight excluding hydrogens is 346 g/mol. The third kappa shape index (κ3) is 3.05. The lowest BCUT2D eigenvalue weighted by Gasteiger charge is -2.27. The van der Waals surface area contributed by atoms with Crippen molar-refractivity contribution in [3.63, 3.8) is 0 Å². The van der Waals surface area contributed by atoms with Crippen molar-refractivity contribution in [1.29, 1.82) is 0 Å². The van der Waals surface area contributed by atoms with Crippen molar-refractivity contribution in [3.05, 3.63) is 48.5 Å². The Morgan fingerprint density at radius 3 is 2.73 bits per heavy atom. The van der Waals surface area contributed by atoms with Gasteiger partial charge in [-0.3, -0.25) is 10.1 Å². The van der Waals surface area contributed by atoms with Gasteiger partial charge in [0.05, 0.1) is 11.0 Å². The highest BCUT2D eigenvalue weighted by molar-refractivity contribution is 7.99. The first-order valence-electron chi connectivity index (χ1n) is 8.61. The third-order valence-electron chi connectivity index (χ3n) is 4.27. The number of nitrogens with one attached hydrogen (secondary N) is 1. The standard InChI is InChI=1S/C20H21N3O2S/c1-20(2,3)23-14-9-5-4-8-13(14)21-19(23)22-18(24)16-12-26-17-11-7-6-10-15(17)25-16/h4-11,16H,12H2,1-3H3,(H,21,22,24)/t16-/m1/s1. The van der Waals surface area contributed by atoms with Crippen LogP contribution in [0.5, 0.6) is 5.75 Å². The van der Waals surface area contributed by atoms with Gasteiger partial charge in [-0.25, -0.2) is 4.98 Å². The zero-order chi connectivity index (χ0) is 18.3. The van der Waals surface area contributed by atoms with Crippen LogP contribution in [0.1, 0.15) is 20.8 Å². The minimum Gasteiger partial charge on any atom is -0.479 e. The van der Waals surface area contributed by atoms with Crippen LogP contribution in [0.3, 0.4) is 0 Å². The molecule has 1 N–H and O–H groups in total. The molecule has 1 aromatic heterocycles. The van der Waals surface area contributed by atoms with Crippen molar-refractivity contribution >= 4 is 34.7 Å². The summed E-state index contributed by atoms with van der Waals surface area (Å²) < 4.78 is 7.96. The molecule has 2 heterocycles. The number of nitrogens with zero attached hydrogens (tertiary/aromatic N) is 2. The molecule has 0 spiro atoms. The van der Waals surface area contributed by atoms with Gasteiger partial charge in [-0.05, 0) is 45.0 Å². The smallest absolute Gasteiger partial charge is 0.268 e. The highest BCUT2D eigenvalue weighted by Crippen LogP contribution is 2.35. The summed E-state index contributed by atoms with van der Waals surface area (Å²) in [7, 11) is 0. The second kappa shape index (κ2) is 6.36. The highest BCUT2D eigenvalue weighted by atomic mass is 32.2. The molecule has 1 atom stereocenters. The Morgan fingerprint density at radius 2 is 1.92 bits per heavy atom. The van der Waals surface area contributed by atoms with Gasteiger partial charge in [-0.2, -0.15) is 0 Å². The molecule has 0 saturated carbocycles. The van der Waals surface area contributed by atoms with Crippen molar-refractivity contribution in [2.75, 3.05) is 11.1 Å². The second-order valence-corrected chi connectivity index (χ2v) is 8.35. The van der Waals surface area contributed by atoms with E-state index in [0.717, 1.165) is 21.7 Å². The summed E-state index contributed by atoms with van der Waals surface area (Å²) in [5.74, 6) is 1.72. The lowest BCUT2D eigenvalue weighted by molar-refractivity contribution is -0.122. The molecule has 0 radical (unpaired) electrons. The Morgan fingerprint density at radius 1 is 1.19 bits per heavy atom. The van der Waals surface area contributed by atoms with Gasteiger partial charge < -0.3 is 9.30 Å². The lowest BCUT2D eigenvalue weighted by Crippen LogP contribution is -2.38. The van der Waals surface area contributed by atoms with E-state index in [9.17, 15) is 4.79 Å². The fourth-order valence-corrected chi connectivity index (χ4v) is 4.11. The van der Waals surface area contributed by atoms with Gasteiger partial charge in [-0.15, -0.1) is 11.8 Å². The molecule has 1 aliphatic rings. The Hall–Kier alpha value is -2.47. The number of carbonyl (C=O) groups is 1. The van der Waals surface area contributed by atoms with Gasteiger partial charge in [0, 0.05) is 16.2 Å². The molecule has 0 saturated heterocycles. The zero-order valence-corrected chi connectivity index (χ0v) is 15.8. The van der Waals surface area contributed by atoms with Crippen LogP contribution in [-0.2, 0) is 10.3 Å². The number of ether oxygens (including phenoxy) is 1. The molecule has 4 rings (SSSR count). The molecule has 1 amide bonds. The molecule has 26 heavy (non-hydrogen) atoms. The molecule has 0 bridgehead atoms. The van der Waals surface area contributed by atoms with E-state index in [-0.39, 0.29) is 11.4 Å². The van der Waals surface area contributed by atoms with Gasteiger partial charge in [-0.1, -0.05) is 24.3 Å². The third-order valence-corrected chi connectivity index (χ3v) is 5.39. The quantitative estimate of drug-likeness (QED) is 0.734. The Bertz CT molecular complexity index is 975. The van der Waals surface area contributed by atoms with Crippen molar-refractivity contribution in [2.45, 2.75) is 37.3 Å². The summed E-state index contributed by atoms with van der Waals surface area (Å²) in [6.07, 6.45) is -0.539. The number of fused-ring (bicyclic) bond motifs is 2. The molecule has 2 aromatic carbocycles. The monoisotopic (exact) mass is 367 g/mol. The van der Waals surface area contributed by atoms with Crippen LogP contribution in [0.25, 0.3) is 11.0 Å². The summed E-state index contributed by atoms with van der Waals surface area (Å²) in [5.41, 5.74) is 1.65. The number of thioether (sulfide) groups is 1. The van der Waals surface area contributed by atoms with E-state index in [4.69, 9.17) is 4.74 Å². The maximum atomic E-state index is 12.8. The SMILES string of the molecule is CC(C)(C)n1c(NC(=O)[C@H]2CSc3ccccc3O2)nc2ccccc21. The number of aromatic nitrogens is 2. The number of imidazole rings is 1. The fourth-order valence-electron chi connectivity index (χ4n) is 3.13. The van der Waals surface area contributed by atoms with Gasteiger partial charge in [0.25, 0.3) is 5.91 Å². The minimum absolute atomic E-state index is 0.173. The van der Waals surface area contributed by atoms with Crippen molar-refractivity contribution < 1.29 is 9.53 Å². The summed E-state index contributed by atoms with van der Waals surface area (Å²) >= 11 is 1.64. The molecule has 3 aromatic rings. The minimum atomic E-state index is -0.539. The molecule has 0 aliphatic carbocycles. The molecule has 134 valence electrons. The van der Waals surface area contributed by atoms with Crippen molar-refractivity contribution in [3.8, 4) is 5.75 Å². The van der Waals surface area contributed by atoms with Crippen LogP contribution in [0.4, 0.5) is 5.95 Å². The average Bonchev–Trinajstić information content (AvgIpc) is 2.99. The number of rotatable bonds is 2. The lowest BCUT2D eigenvalue weighted by atomic mass is 10.1. The largest absolute Gasteiger partial charge is 0.479 e. The number of carbonyl (C=O) groups excluding carboxylic acids is 1. The number of amides is 1. The number of anilines is 1. The van der Waals surface area contributed by atoms with Gasteiger partial charge in [0.2, 0.25) is 5.95 Å². The first kappa shape index (κ1) is 17.0. The summed E-state index contributed by atoms with van der Waals surface area (Å²) in [6, 6.07) is 15.7. The maximum Gasteiger partial charge on any atom is 0.268 e. The Labute approximate surface area is 156 Å². The summed E-state index contributed by atoms with van der Waals surface area (Å²) in [6.45, 7) is 6.29. The molecule has 0 unspecified atom stereocenters. The molecule has 5 nitrogen and oxygen atoms in total. The predicted molar refractivity (Wildman–Crippen MR) is 105 cm³/mol. The van der Waals surface area contributed by atoms with E-state index >= 15 is 0 Å². The number of hydrogen-bond acceptors (Lipinski definition) is 4. The van der Waals surface area contributed by atoms with Gasteiger partial charge in [0.1, 0.15) is 5.75 Å². The zero-order valence-electron chi connectivity index (χ0n) is 15.0. The Balaban J connectivity index is 1.63. The van der Waals surface area contributed by atoms with Crippen molar-refractivity contribution in [1.82, 2.24) is 9.55 Å². The van der Waals surface area contributed by atoms with Crippen LogP contribution in [-0.4, -0.2) is 27.3 Å².